The van der Waals surface area contributed by atoms with Crippen molar-refractivity contribution >= 4 is 0 Å². The van der Waals surface area contributed by atoms with Crippen molar-refractivity contribution < 1.29 is 4.74 Å². The first kappa shape index (κ1) is 9.13. The standard InChI is InChI=1S/C11H20N2O/c1-2-9(3-1)6-10-11(7-12-8-11)14-5-4-13-10/h9-10,12-13H,1-8H2. The van der Waals surface area contributed by atoms with Crippen LogP contribution < -0.4 is 10.6 Å². The predicted molar refractivity (Wildman–Crippen MR) is 55.3 cm³/mol. The monoisotopic (exact) mass is 196 g/mol. The highest BCUT2D eigenvalue weighted by atomic mass is 16.5. The lowest BCUT2D eigenvalue weighted by atomic mass is 9.75. The summed E-state index contributed by atoms with van der Waals surface area (Å²) in [6, 6.07) is 0.614. The van der Waals surface area contributed by atoms with Gasteiger partial charge in [-0.05, 0) is 12.3 Å². The molecular weight excluding hydrogens is 176 g/mol. The molecule has 0 aromatic carbocycles. The molecule has 0 aromatic rings. The lowest BCUT2D eigenvalue weighted by molar-refractivity contribution is -0.132. The van der Waals surface area contributed by atoms with Crippen molar-refractivity contribution in [3.63, 3.8) is 0 Å². The molecule has 3 rings (SSSR count). The maximum absolute atomic E-state index is 5.96. The van der Waals surface area contributed by atoms with Crippen LogP contribution >= 0.6 is 0 Å². The second-order valence-electron chi connectivity index (χ2n) is 5.06. The Hall–Kier alpha value is -0.120. The fraction of sp³-hybridized carbons (Fsp3) is 1.00. The van der Waals surface area contributed by atoms with Gasteiger partial charge in [0.05, 0.1) is 6.61 Å². The molecule has 3 nitrogen and oxygen atoms in total. The minimum Gasteiger partial charge on any atom is -0.369 e. The van der Waals surface area contributed by atoms with Crippen LogP contribution in [0.25, 0.3) is 0 Å². The van der Waals surface area contributed by atoms with Gasteiger partial charge in [0.1, 0.15) is 5.60 Å². The lowest BCUT2D eigenvalue weighted by Crippen LogP contribution is -2.73. The molecule has 80 valence electrons. The van der Waals surface area contributed by atoms with Crippen LogP contribution in [0, 0.1) is 5.92 Å². The first-order valence-electron chi connectivity index (χ1n) is 5.97. The highest BCUT2D eigenvalue weighted by Gasteiger charge is 2.47. The second kappa shape index (κ2) is 3.47. The zero-order valence-corrected chi connectivity index (χ0v) is 8.72. The van der Waals surface area contributed by atoms with E-state index in [0.29, 0.717) is 6.04 Å². The van der Waals surface area contributed by atoms with Crippen LogP contribution in [0.2, 0.25) is 0 Å². The highest BCUT2D eigenvalue weighted by molar-refractivity contribution is 5.06. The van der Waals surface area contributed by atoms with Gasteiger partial charge >= 0.3 is 0 Å². The summed E-state index contributed by atoms with van der Waals surface area (Å²) < 4.78 is 5.96. The van der Waals surface area contributed by atoms with E-state index in [4.69, 9.17) is 4.74 Å². The third kappa shape index (κ3) is 1.38. The summed E-state index contributed by atoms with van der Waals surface area (Å²) in [5.74, 6) is 0.978. The molecular formula is C11H20N2O. The molecule has 0 bridgehead atoms. The van der Waals surface area contributed by atoms with E-state index >= 15 is 0 Å². The summed E-state index contributed by atoms with van der Waals surface area (Å²) in [6.45, 7) is 4.04. The van der Waals surface area contributed by atoms with Crippen molar-refractivity contribution in [3.05, 3.63) is 0 Å². The van der Waals surface area contributed by atoms with E-state index in [1.54, 1.807) is 0 Å². The largest absolute Gasteiger partial charge is 0.369 e. The molecule has 1 aliphatic carbocycles. The smallest absolute Gasteiger partial charge is 0.108 e. The van der Waals surface area contributed by atoms with E-state index in [2.05, 4.69) is 10.6 Å². The molecule has 1 saturated carbocycles. The summed E-state index contributed by atoms with van der Waals surface area (Å²) >= 11 is 0. The summed E-state index contributed by atoms with van der Waals surface area (Å²) in [7, 11) is 0. The second-order valence-corrected chi connectivity index (χ2v) is 5.06. The van der Waals surface area contributed by atoms with Gasteiger partial charge in [0.25, 0.3) is 0 Å². The summed E-state index contributed by atoms with van der Waals surface area (Å²) in [6.07, 6.45) is 5.68. The molecule has 1 unspecified atom stereocenters. The van der Waals surface area contributed by atoms with Crippen molar-refractivity contribution in [2.75, 3.05) is 26.2 Å². The van der Waals surface area contributed by atoms with Gasteiger partial charge < -0.3 is 15.4 Å². The normalized spacial score (nSPS) is 36.4. The minimum atomic E-state index is 0.161. The topological polar surface area (TPSA) is 33.3 Å². The predicted octanol–water partition coefficient (Wildman–Crippen LogP) is 0.507. The Bertz CT molecular complexity index is 211. The Morgan fingerprint density at radius 2 is 2.14 bits per heavy atom. The Morgan fingerprint density at radius 3 is 2.71 bits per heavy atom. The Labute approximate surface area is 85.6 Å². The van der Waals surface area contributed by atoms with Gasteiger partial charge in [0.15, 0.2) is 0 Å². The van der Waals surface area contributed by atoms with Gasteiger partial charge in [0, 0.05) is 25.7 Å². The van der Waals surface area contributed by atoms with E-state index in [9.17, 15) is 0 Å². The van der Waals surface area contributed by atoms with Crippen LogP contribution in [-0.2, 0) is 4.74 Å². The number of nitrogens with one attached hydrogen (secondary N) is 2. The fourth-order valence-electron chi connectivity index (χ4n) is 2.85. The number of hydrogen-bond donors (Lipinski definition) is 2. The summed E-state index contributed by atoms with van der Waals surface area (Å²) in [5.41, 5.74) is 0.161. The van der Waals surface area contributed by atoms with Gasteiger partial charge in [-0.2, -0.15) is 0 Å². The third-order valence-corrected chi connectivity index (χ3v) is 4.16. The van der Waals surface area contributed by atoms with Gasteiger partial charge in [0.2, 0.25) is 0 Å². The maximum atomic E-state index is 5.96. The molecule has 0 radical (unpaired) electrons. The molecule has 3 fully saturated rings. The van der Waals surface area contributed by atoms with Gasteiger partial charge in [-0.15, -0.1) is 0 Å². The first-order chi connectivity index (χ1) is 6.89. The number of rotatable bonds is 2. The highest BCUT2D eigenvalue weighted by Crippen LogP contribution is 2.35. The van der Waals surface area contributed by atoms with Gasteiger partial charge in [-0.3, -0.25) is 0 Å². The SMILES string of the molecule is C1CC(CC2NCCOC23CNC3)C1. The molecule has 1 atom stereocenters. The van der Waals surface area contributed by atoms with Gasteiger partial charge in [-0.25, -0.2) is 0 Å². The zero-order valence-electron chi connectivity index (χ0n) is 8.72. The van der Waals surface area contributed by atoms with Crippen LogP contribution in [-0.4, -0.2) is 37.9 Å². The average Bonchev–Trinajstić information content (AvgIpc) is 2.09. The first-order valence-corrected chi connectivity index (χ1v) is 5.97. The average molecular weight is 196 g/mol. The molecule has 0 aromatic heterocycles. The molecule has 1 spiro atoms. The Balaban J connectivity index is 1.62. The van der Waals surface area contributed by atoms with Crippen molar-refractivity contribution in [1.29, 1.82) is 0 Å². The fourth-order valence-corrected chi connectivity index (χ4v) is 2.85. The number of hydrogen-bond acceptors (Lipinski definition) is 3. The molecule has 3 aliphatic rings. The Morgan fingerprint density at radius 1 is 1.29 bits per heavy atom. The van der Waals surface area contributed by atoms with E-state index in [1.165, 1.54) is 25.7 Å². The van der Waals surface area contributed by atoms with Crippen molar-refractivity contribution in [1.82, 2.24) is 10.6 Å². The van der Waals surface area contributed by atoms with E-state index < -0.39 is 0 Å². The zero-order chi connectivity index (χ0) is 9.43. The van der Waals surface area contributed by atoms with Crippen molar-refractivity contribution in [2.24, 2.45) is 5.92 Å². The van der Waals surface area contributed by atoms with Crippen LogP contribution in [0.1, 0.15) is 25.7 Å². The molecule has 2 saturated heterocycles. The number of ether oxygens (including phenoxy) is 1. The van der Waals surface area contributed by atoms with Crippen LogP contribution in [0.15, 0.2) is 0 Å². The molecule has 3 heteroatoms. The quantitative estimate of drug-likeness (QED) is 0.675. The van der Waals surface area contributed by atoms with Crippen LogP contribution in [0.5, 0.6) is 0 Å². The van der Waals surface area contributed by atoms with E-state index in [1.807, 2.05) is 0 Å². The lowest BCUT2D eigenvalue weighted by Gasteiger charge is -2.52. The molecule has 2 N–H and O–H groups in total. The summed E-state index contributed by atoms with van der Waals surface area (Å²) in [5, 5.41) is 6.99. The van der Waals surface area contributed by atoms with Crippen LogP contribution in [0.3, 0.4) is 0 Å². The molecule has 0 amide bonds. The number of morpholine rings is 1. The maximum Gasteiger partial charge on any atom is 0.108 e. The minimum absolute atomic E-state index is 0.161. The molecule has 2 heterocycles. The molecule has 2 aliphatic heterocycles. The van der Waals surface area contributed by atoms with Crippen LogP contribution in [0.4, 0.5) is 0 Å². The van der Waals surface area contributed by atoms with Crippen molar-refractivity contribution in [2.45, 2.75) is 37.3 Å². The molecule has 14 heavy (non-hydrogen) atoms. The Kier molecular flexibility index (Phi) is 2.26. The van der Waals surface area contributed by atoms with Crippen molar-refractivity contribution in [3.8, 4) is 0 Å². The van der Waals surface area contributed by atoms with E-state index in [-0.39, 0.29) is 5.60 Å². The summed E-state index contributed by atoms with van der Waals surface area (Å²) in [4.78, 5) is 0. The van der Waals surface area contributed by atoms with E-state index in [0.717, 1.165) is 32.2 Å². The van der Waals surface area contributed by atoms with Gasteiger partial charge in [-0.1, -0.05) is 19.3 Å². The third-order valence-electron chi connectivity index (χ3n) is 4.16.